The molecule has 0 aliphatic rings. The lowest BCUT2D eigenvalue weighted by atomic mass is 10.0. The Hall–Kier alpha value is -2.50. The molecule has 0 atom stereocenters. The molecule has 3 aromatic rings. The molecule has 138 valence electrons. The van der Waals surface area contributed by atoms with Gasteiger partial charge in [-0.2, -0.15) is 13.2 Å². The van der Waals surface area contributed by atoms with E-state index in [-0.39, 0.29) is 0 Å². The zero-order valence-corrected chi connectivity index (χ0v) is 15.2. The highest BCUT2D eigenvalue weighted by atomic mass is 35.5. The summed E-state index contributed by atoms with van der Waals surface area (Å²) in [4.78, 5) is 12.5. The minimum atomic E-state index is -4.63. The number of benzene rings is 3. The lowest BCUT2D eigenvalue weighted by molar-refractivity contribution is -0.137. The minimum Gasteiger partial charge on any atom is -0.321 e. The first-order valence-electron chi connectivity index (χ1n) is 7.79. The number of carbonyl (C=O) groups is 1. The van der Waals surface area contributed by atoms with Crippen LogP contribution in [0.4, 0.5) is 18.9 Å². The van der Waals surface area contributed by atoms with Gasteiger partial charge in [0, 0.05) is 11.3 Å². The summed E-state index contributed by atoms with van der Waals surface area (Å²) in [5.74, 6) is -0.851. The maximum Gasteiger partial charge on any atom is 0.417 e. The van der Waals surface area contributed by atoms with Crippen molar-refractivity contribution in [2.45, 2.75) is 6.18 Å². The summed E-state index contributed by atoms with van der Waals surface area (Å²) >= 11 is 12.0. The van der Waals surface area contributed by atoms with Crippen molar-refractivity contribution in [1.29, 1.82) is 0 Å². The van der Waals surface area contributed by atoms with Gasteiger partial charge in [0.05, 0.1) is 21.2 Å². The molecule has 0 saturated carbocycles. The molecule has 3 rings (SSSR count). The maximum absolute atomic E-state index is 13.2. The Kier molecular flexibility index (Phi) is 5.44. The van der Waals surface area contributed by atoms with Crippen LogP contribution in [0.2, 0.25) is 10.0 Å². The molecule has 0 heterocycles. The van der Waals surface area contributed by atoms with E-state index in [4.69, 9.17) is 23.2 Å². The molecule has 0 spiro atoms. The molecule has 27 heavy (non-hydrogen) atoms. The van der Waals surface area contributed by atoms with Crippen molar-refractivity contribution in [1.82, 2.24) is 0 Å². The van der Waals surface area contributed by atoms with Crippen molar-refractivity contribution < 1.29 is 18.0 Å². The number of halogens is 5. The smallest absolute Gasteiger partial charge is 0.321 e. The molecule has 3 aromatic carbocycles. The summed E-state index contributed by atoms with van der Waals surface area (Å²) in [6.45, 7) is 0. The van der Waals surface area contributed by atoms with E-state index >= 15 is 0 Å². The normalized spacial score (nSPS) is 11.3. The topological polar surface area (TPSA) is 29.1 Å². The summed E-state index contributed by atoms with van der Waals surface area (Å²) in [6, 6.07) is 16.3. The second-order valence-corrected chi connectivity index (χ2v) is 6.49. The summed E-state index contributed by atoms with van der Waals surface area (Å²) in [7, 11) is 0. The summed E-state index contributed by atoms with van der Waals surface area (Å²) < 4.78 is 39.5. The Balaban J connectivity index is 1.98. The van der Waals surface area contributed by atoms with Gasteiger partial charge in [-0.1, -0.05) is 59.6 Å². The highest BCUT2D eigenvalue weighted by molar-refractivity contribution is 6.42. The second-order valence-electron chi connectivity index (χ2n) is 5.67. The van der Waals surface area contributed by atoms with Crippen LogP contribution in [0.25, 0.3) is 11.1 Å². The van der Waals surface area contributed by atoms with Crippen LogP contribution >= 0.6 is 23.2 Å². The van der Waals surface area contributed by atoms with Gasteiger partial charge in [-0.3, -0.25) is 4.79 Å². The molecular formula is C20H12Cl2F3NO. The van der Waals surface area contributed by atoms with E-state index in [9.17, 15) is 18.0 Å². The first-order valence-corrected chi connectivity index (χ1v) is 8.55. The number of para-hydroxylation sites is 1. The number of anilines is 1. The van der Waals surface area contributed by atoms with Crippen molar-refractivity contribution in [3.63, 3.8) is 0 Å². The van der Waals surface area contributed by atoms with Gasteiger partial charge in [-0.05, 0) is 35.9 Å². The lowest BCUT2D eigenvalue weighted by Gasteiger charge is -2.15. The lowest BCUT2D eigenvalue weighted by Crippen LogP contribution is -2.18. The molecule has 0 radical (unpaired) electrons. The molecule has 0 fully saturated rings. The van der Waals surface area contributed by atoms with Gasteiger partial charge in [-0.15, -0.1) is 0 Å². The van der Waals surface area contributed by atoms with Crippen molar-refractivity contribution >= 4 is 34.8 Å². The van der Waals surface area contributed by atoms with Gasteiger partial charge in [-0.25, -0.2) is 0 Å². The summed E-state index contributed by atoms with van der Waals surface area (Å²) in [6.07, 6.45) is -4.63. The van der Waals surface area contributed by atoms with Gasteiger partial charge in [0.15, 0.2) is 0 Å². The monoisotopic (exact) mass is 409 g/mol. The molecule has 0 saturated heterocycles. The third kappa shape index (κ3) is 4.26. The third-order valence-electron chi connectivity index (χ3n) is 3.88. The first-order chi connectivity index (χ1) is 12.8. The Bertz CT molecular complexity index is 1000. The van der Waals surface area contributed by atoms with Crippen LogP contribution in [-0.4, -0.2) is 5.91 Å². The predicted octanol–water partition coefficient (Wildman–Crippen LogP) is 6.93. The van der Waals surface area contributed by atoms with E-state index in [2.05, 4.69) is 5.32 Å². The van der Waals surface area contributed by atoms with Crippen LogP contribution in [0.15, 0.2) is 66.7 Å². The van der Waals surface area contributed by atoms with Gasteiger partial charge < -0.3 is 5.32 Å². The molecule has 0 aromatic heterocycles. The fourth-order valence-corrected chi connectivity index (χ4v) is 2.92. The van der Waals surface area contributed by atoms with E-state index in [1.54, 1.807) is 42.5 Å². The summed E-state index contributed by atoms with van der Waals surface area (Å²) in [5.41, 5.74) is 0.194. The minimum absolute atomic E-state index is 0.331. The zero-order valence-electron chi connectivity index (χ0n) is 13.6. The average Bonchev–Trinajstić information content (AvgIpc) is 2.64. The molecule has 0 bridgehead atoms. The van der Waals surface area contributed by atoms with Gasteiger partial charge in [0.1, 0.15) is 0 Å². The Morgan fingerprint density at radius 2 is 1.52 bits per heavy atom. The van der Waals surface area contributed by atoms with Crippen LogP contribution in [0.1, 0.15) is 15.9 Å². The second kappa shape index (κ2) is 7.62. The number of rotatable bonds is 3. The van der Waals surface area contributed by atoms with E-state index in [0.29, 0.717) is 26.9 Å². The fraction of sp³-hybridized carbons (Fsp3) is 0.0500. The number of hydrogen-bond donors (Lipinski definition) is 1. The molecule has 1 N–H and O–H groups in total. The molecule has 1 amide bonds. The van der Waals surface area contributed by atoms with Crippen LogP contribution in [0, 0.1) is 0 Å². The SMILES string of the molecule is O=C(Nc1ccccc1-c1ccc(Cl)c(Cl)c1)c1ccccc1C(F)(F)F. The van der Waals surface area contributed by atoms with Crippen molar-refractivity contribution in [2.24, 2.45) is 0 Å². The highest BCUT2D eigenvalue weighted by Crippen LogP contribution is 2.35. The largest absolute Gasteiger partial charge is 0.417 e. The Labute approximate surface area is 163 Å². The Morgan fingerprint density at radius 3 is 2.22 bits per heavy atom. The maximum atomic E-state index is 13.2. The number of hydrogen-bond acceptors (Lipinski definition) is 1. The predicted molar refractivity (Wildman–Crippen MR) is 101 cm³/mol. The summed E-state index contributed by atoms with van der Waals surface area (Å²) in [5, 5.41) is 3.26. The third-order valence-corrected chi connectivity index (χ3v) is 4.62. The number of carbonyl (C=O) groups excluding carboxylic acids is 1. The molecule has 7 heteroatoms. The van der Waals surface area contributed by atoms with E-state index in [1.165, 1.54) is 12.1 Å². The zero-order chi connectivity index (χ0) is 19.6. The van der Waals surface area contributed by atoms with Crippen LogP contribution in [0.3, 0.4) is 0 Å². The van der Waals surface area contributed by atoms with E-state index in [1.807, 2.05) is 0 Å². The van der Waals surface area contributed by atoms with Crippen molar-refractivity contribution in [3.8, 4) is 11.1 Å². The van der Waals surface area contributed by atoms with Gasteiger partial charge in [0.2, 0.25) is 0 Å². The number of alkyl halides is 3. The van der Waals surface area contributed by atoms with Gasteiger partial charge >= 0.3 is 6.18 Å². The number of amides is 1. The van der Waals surface area contributed by atoms with Crippen molar-refractivity contribution in [2.75, 3.05) is 5.32 Å². The van der Waals surface area contributed by atoms with Crippen molar-refractivity contribution in [3.05, 3.63) is 87.9 Å². The van der Waals surface area contributed by atoms with E-state index < -0.39 is 23.2 Å². The highest BCUT2D eigenvalue weighted by Gasteiger charge is 2.34. The molecule has 0 aliphatic carbocycles. The van der Waals surface area contributed by atoms with Gasteiger partial charge in [0.25, 0.3) is 5.91 Å². The first kappa shape index (κ1) is 19.3. The molecular weight excluding hydrogens is 398 g/mol. The molecule has 0 aliphatic heterocycles. The van der Waals surface area contributed by atoms with Crippen LogP contribution in [0.5, 0.6) is 0 Å². The van der Waals surface area contributed by atoms with E-state index in [0.717, 1.165) is 12.1 Å². The standard InChI is InChI=1S/C20H12Cl2F3NO/c21-16-10-9-12(11-17(16)22)13-5-2-4-8-18(13)26-19(27)14-6-1-3-7-15(14)20(23,24)25/h1-11H,(H,26,27). The van der Waals surface area contributed by atoms with Crippen LogP contribution < -0.4 is 5.32 Å². The molecule has 2 nitrogen and oxygen atoms in total. The van der Waals surface area contributed by atoms with Crippen LogP contribution in [-0.2, 0) is 6.18 Å². The number of nitrogens with one attached hydrogen (secondary N) is 1. The molecule has 0 unspecified atom stereocenters. The quantitative estimate of drug-likeness (QED) is 0.498. The Morgan fingerprint density at radius 1 is 0.852 bits per heavy atom. The fourth-order valence-electron chi connectivity index (χ4n) is 2.63. The average molecular weight is 410 g/mol.